The maximum absolute atomic E-state index is 13.2. The molecule has 2 saturated heterocycles. The van der Waals surface area contributed by atoms with Crippen LogP contribution in [0.3, 0.4) is 0 Å². The second-order valence-corrected chi connectivity index (χ2v) is 9.20. The number of aryl methyl sites for hydroxylation is 1. The molecule has 2 aliphatic rings. The first-order valence-corrected chi connectivity index (χ1v) is 11.2. The van der Waals surface area contributed by atoms with Crippen molar-refractivity contribution in [2.24, 2.45) is 0 Å². The SMILES string of the molecule is COc1ccccc1NC(=O)N1CCC2(CC1)SCCN2C(=O)c1cccc(C)c1. The van der Waals surface area contributed by atoms with Crippen molar-refractivity contribution >= 4 is 29.4 Å². The number of benzene rings is 2. The Morgan fingerprint density at radius 2 is 1.83 bits per heavy atom. The van der Waals surface area contributed by atoms with Crippen LogP contribution in [0.1, 0.15) is 28.8 Å². The molecule has 2 aromatic rings. The lowest BCUT2D eigenvalue weighted by Crippen LogP contribution is -2.54. The number of carbonyl (C=O) groups excluding carboxylic acids is 2. The number of urea groups is 1. The van der Waals surface area contributed by atoms with Crippen LogP contribution in [0, 0.1) is 6.92 Å². The zero-order valence-electron chi connectivity index (χ0n) is 17.4. The van der Waals surface area contributed by atoms with Crippen molar-refractivity contribution < 1.29 is 14.3 Å². The summed E-state index contributed by atoms with van der Waals surface area (Å²) in [7, 11) is 1.59. The van der Waals surface area contributed by atoms with E-state index in [0.29, 0.717) is 24.5 Å². The number of hydrogen-bond donors (Lipinski definition) is 1. The van der Waals surface area contributed by atoms with Gasteiger partial charge >= 0.3 is 6.03 Å². The van der Waals surface area contributed by atoms with Crippen molar-refractivity contribution in [3.63, 3.8) is 0 Å². The highest BCUT2D eigenvalue weighted by Gasteiger charge is 2.47. The third kappa shape index (κ3) is 3.99. The van der Waals surface area contributed by atoms with E-state index in [-0.39, 0.29) is 16.8 Å². The van der Waals surface area contributed by atoms with E-state index < -0.39 is 0 Å². The average molecular weight is 426 g/mol. The average Bonchev–Trinajstić information content (AvgIpc) is 3.16. The molecular formula is C23H27N3O3S. The molecule has 2 aromatic carbocycles. The van der Waals surface area contributed by atoms with Gasteiger partial charge in [-0.1, -0.05) is 29.8 Å². The van der Waals surface area contributed by atoms with Crippen molar-refractivity contribution in [3.8, 4) is 5.75 Å². The largest absolute Gasteiger partial charge is 0.495 e. The monoisotopic (exact) mass is 425 g/mol. The first-order valence-electron chi connectivity index (χ1n) is 10.2. The molecule has 2 fully saturated rings. The Balaban J connectivity index is 1.42. The molecule has 0 atom stereocenters. The van der Waals surface area contributed by atoms with Gasteiger partial charge in [0.05, 0.1) is 17.7 Å². The van der Waals surface area contributed by atoms with Gasteiger partial charge in [-0.25, -0.2) is 4.79 Å². The lowest BCUT2D eigenvalue weighted by molar-refractivity contribution is 0.0585. The molecule has 7 heteroatoms. The van der Waals surface area contributed by atoms with Crippen molar-refractivity contribution in [2.45, 2.75) is 24.6 Å². The maximum Gasteiger partial charge on any atom is 0.321 e. The zero-order chi connectivity index (χ0) is 21.1. The highest BCUT2D eigenvalue weighted by atomic mass is 32.2. The van der Waals surface area contributed by atoms with Crippen LogP contribution in [0.25, 0.3) is 0 Å². The minimum absolute atomic E-state index is 0.0932. The fourth-order valence-corrected chi connectivity index (χ4v) is 5.70. The minimum atomic E-state index is -0.220. The van der Waals surface area contributed by atoms with E-state index in [1.165, 1.54) is 0 Å². The fraction of sp³-hybridized carbons (Fsp3) is 0.391. The van der Waals surface area contributed by atoms with Crippen molar-refractivity contribution in [2.75, 3.05) is 37.8 Å². The molecule has 1 N–H and O–H groups in total. The van der Waals surface area contributed by atoms with Gasteiger partial charge in [0.2, 0.25) is 0 Å². The Morgan fingerprint density at radius 1 is 1.07 bits per heavy atom. The first-order chi connectivity index (χ1) is 14.5. The predicted molar refractivity (Wildman–Crippen MR) is 120 cm³/mol. The normalized spacial score (nSPS) is 17.8. The number of thioether (sulfide) groups is 1. The van der Waals surface area contributed by atoms with E-state index in [1.54, 1.807) is 7.11 Å². The molecular weight excluding hydrogens is 398 g/mol. The Labute approximate surface area is 181 Å². The van der Waals surface area contributed by atoms with E-state index in [0.717, 1.165) is 36.3 Å². The number of amides is 3. The van der Waals surface area contributed by atoms with Gasteiger partial charge in [0.15, 0.2) is 0 Å². The number of ether oxygens (including phenoxy) is 1. The molecule has 2 heterocycles. The first kappa shape index (κ1) is 20.6. The summed E-state index contributed by atoms with van der Waals surface area (Å²) in [5.74, 6) is 1.67. The molecule has 3 amide bonds. The summed E-state index contributed by atoms with van der Waals surface area (Å²) in [6.07, 6.45) is 1.54. The predicted octanol–water partition coefficient (Wildman–Crippen LogP) is 4.22. The highest BCUT2D eigenvalue weighted by Crippen LogP contribution is 2.44. The number of piperidine rings is 1. The van der Waals surface area contributed by atoms with Gasteiger partial charge < -0.3 is 19.9 Å². The van der Waals surface area contributed by atoms with Crippen LogP contribution < -0.4 is 10.1 Å². The number of nitrogens with one attached hydrogen (secondary N) is 1. The van der Waals surface area contributed by atoms with E-state index in [9.17, 15) is 9.59 Å². The van der Waals surface area contributed by atoms with Crippen molar-refractivity contribution in [1.82, 2.24) is 9.80 Å². The van der Waals surface area contributed by atoms with Crippen LogP contribution in [0.5, 0.6) is 5.75 Å². The summed E-state index contributed by atoms with van der Waals surface area (Å²) in [4.78, 5) is 29.6. The topological polar surface area (TPSA) is 61.9 Å². The van der Waals surface area contributed by atoms with Crippen molar-refractivity contribution in [3.05, 3.63) is 59.7 Å². The highest BCUT2D eigenvalue weighted by molar-refractivity contribution is 8.00. The Hall–Kier alpha value is -2.67. The summed E-state index contributed by atoms with van der Waals surface area (Å²) in [5, 5.41) is 2.95. The molecule has 0 aliphatic carbocycles. The van der Waals surface area contributed by atoms with E-state index in [2.05, 4.69) is 5.32 Å². The van der Waals surface area contributed by atoms with Gasteiger partial charge in [0, 0.05) is 31.0 Å². The number of hydrogen-bond acceptors (Lipinski definition) is 4. The molecule has 30 heavy (non-hydrogen) atoms. The van der Waals surface area contributed by atoms with Gasteiger partial charge in [-0.3, -0.25) is 4.79 Å². The third-order valence-electron chi connectivity index (χ3n) is 5.87. The molecule has 1 spiro atoms. The number of para-hydroxylation sites is 2. The maximum atomic E-state index is 13.2. The number of rotatable bonds is 3. The number of carbonyl (C=O) groups is 2. The summed E-state index contributed by atoms with van der Waals surface area (Å²) in [6.45, 7) is 3.99. The lowest BCUT2D eigenvalue weighted by Gasteiger charge is -2.44. The molecule has 2 aliphatic heterocycles. The molecule has 0 bridgehead atoms. The molecule has 0 saturated carbocycles. The van der Waals surface area contributed by atoms with Gasteiger partial charge in [0.1, 0.15) is 5.75 Å². The van der Waals surface area contributed by atoms with Crippen LogP contribution >= 0.6 is 11.8 Å². The van der Waals surface area contributed by atoms with E-state index >= 15 is 0 Å². The molecule has 6 nitrogen and oxygen atoms in total. The summed E-state index contributed by atoms with van der Waals surface area (Å²) in [5.41, 5.74) is 2.49. The van der Waals surface area contributed by atoms with Crippen molar-refractivity contribution in [1.29, 1.82) is 0 Å². The second kappa shape index (κ2) is 8.60. The Kier molecular flexibility index (Phi) is 5.90. The van der Waals surface area contributed by atoms with E-state index in [4.69, 9.17) is 4.74 Å². The summed E-state index contributed by atoms with van der Waals surface area (Å²) in [6, 6.07) is 15.0. The smallest absolute Gasteiger partial charge is 0.321 e. The summed E-state index contributed by atoms with van der Waals surface area (Å²) < 4.78 is 5.32. The number of nitrogens with zero attached hydrogens (tertiary/aromatic N) is 2. The van der Waals surface area contributed by atoms with Gasteiger partial charge in [-0.2, -0.15) is 0 Å². The van der Waals surface area contributed by atoms with E-state index in [1.807, 2.05) is 77.0 Å². The quantitative estimate of drug-likeness (QED) is 0.800. The fourth-order valence-electron chi connectivity index (χ4n) is 4.24. The van der Waals surface area contributed by atoms with Crippen LogP contribution in [0.15, 0.2) is 48.5 Å². The van der Waals surface area contributed by atoms with Gasteiger partial charge in [-0.15, -0.1) is 11.8 Å². The number of likely N-dealkylation sites (tertiary alicyclic amines) is 1. The molecule has 0 radical (unpaired) electrons. The molecule has 158 valence electrons. The van der Waals surface area contributed by atoms with Gasteiger partial charge in [-0.05, 0) is 44.0 Å². The number of methoxy groups -OCH3 is 1. The Bertz CT molecular complexity index is 941. The standard InChI is InChI=1S/C23H27N3O3S/c1-17-6-5-7-18(16-17)21(27)26-14-15-30-23(26)10-12-25(13-11-23)22(28)24-19-8-3-4-9-20(19)29-2/h3-9,16H,10-15H2,1-2H3,(H,24,28). The second-order valence-electron chi connectivity index (χ2n) is 7.74. The molecule has 0 unspecified atom stereocenters. The summed E-state index contributed by atoms with van der Waals surface area (Å²) >= 11 is 1.85. The zero-order valence-corrected chi connectivity index (χ0v) is 18.2. The number of anilines is 1. The van der Waals surface area contributed by atoms with Crippen LogP contribution in [0.4, 0.5) is 10.5 Å². The molecule has 4 rings (SSSR count). The minimum Gasteiger partial charge on any atom is -0.495 e. The van der Waals surface area contributed by atoms with Crippen LogP contribution in [0.2, 0.25) is 0 Å². The van der Waals surface area contributed by atoms with Gasteiger partial charge in [0.25, 0.3) is 5.91 Å². The van der Waals surface area contributed by atoms with Crippen LogP contribution in [-0.2, 0) is 0 Å². The third-order valence-corrected chi connectivity index (χ3v) is 7.42. The Morgan fingerprint density at radius 3 is 2.57 bits per heavy atom. The molecule has 0 aromatic heterocycles. The lowest BCUT2D eigenvalue weighted by atomic mass is 10.0. The van der Waals surface area contributed by atoms with Crippen LogP contribution in [-0.4, -0.2) is 59.1 Å².